The molecule has 1 aromatic rings. The van der Waals surface area contributed by atoms with E-state index >= 15 is 0 Å². The molecule has 5 heteroatoms. The third-order valence-electron chi connectivity index (χ3n) is 1.93. The summed E-state index contributed by atoms with van der Waals surface area (Å²) in [5.74, 6) is -1.06. The SMILES string of the molecule is C[C@](N)(C(=O)O)c1ccc(Br)cc1Br. The number of carboxylic acid groups (broad SMARTS) is 1. The van der Waals surface area contributed by atoms with Crippen molar-refractivity contribution in [1.82, 2.24) is 0 Å². The summed E-state index contributed by atoms with van der Waals surface area (Å²) in [6.07, 6.45) is 0. The summed E-state index contributed by atoms with van der Waals surface area (Å²) in [5, 5.41) is 8.93. The molecule has 3 nitrogen and oxygen atoms in total. The summed E-state index contributed by atoms with van der Waals surface area (Å²) in [7, 11) is 0. The zero-order chi connectivity index (χ0) is 10.9. The Morgan fingerprint density at radius 1 is 1.50 bits per heavy atom. The number of hydrogen-bond acceptors (Lipinski definition) is 2. The Hall–Kier alpha value is -0.390. The number of carbonyl (C=O) groups is 1. The van der Waals surface area contributed by atoms with Crippen LogP contribution < -0.4 is 5.73 Å². The van der Waals surface area contributed by atoms with Gasteiger partial charge in [-0.1, -0.05) is 37.9 Å². The molecule has 1 atom stereocenters. The fourth-order valence-corrected chi connectivity index (χ4v) is 2.48. The smallest absolute Gasteiger partial charge is 0.328 e. The van der Waals surface area contributed by atoms with E-state index in [4.69, 9.17) is 10.8 Å². The Balaban J connectivity index is 3.26. The molecule has 0 spiro atoms. The lowest BCUT2D eigenvalue weighted by Crippen LogP contribution is -2.41. The van der Waals surface area contributed by atoms with Crippen LogP contribution in [0, 0.1) is 0 Å². The van der Waals surface area contributed by atoms with Crippen molar-refractivity contribution in [3.8, 4) is 0 Å². The van der Waals surface area contributed by atoms with Crippen molar-refractivity contribution >= 4 is 37.8 Å². The Morgan fingerprint density at radius 2 is 2.07 bits per heavy atom. The fourth-order valence-electron chi connectivity index (χ4n) is 1.03. The van der Waals surface area contributed by atoms with Crippen LogP contribution in [0.15, 0.2) is 27.1 Å². The Morgan fingerprint density at radius 3 is 2.50 bits per heavy atom. The predicted octanol–water partition coefficient (Wildman–Crippen LogP) is 2.47. The van der Waals surface area contributed by atoms with E-state index < -0.39 is 11.5 Å². The van der Waals surface area contributed by atoms with Crippen LogP contribution in [0.5, 0.6) is 0 Å². The molecule has 0 radical (unpaired) electrons. The average Bonchev–Trinajstić information content (AvgIpc) is 2.02. The number of hydrogen-bond donors (Lipinski definition) is 2. The highest BCUT2D eigenvalue weighted by Gasteiger charge is 2.31. The van der Waals surface area contributed by atoms with Crippen LogP contribution in [-0.4, -0.2) is 11.1 Å². The summed E-state index contributed by atoms with van der Waals surface area (Å²) >= 11 is 6.56. The maximum Gasteiger partial charge on any atom is 0.328 e. The highest BCUT2D eigenvalue weighted by atomic mass is 79.9. The van der Waals surface area contributed by atoms with Gasteiger partial charge in [0.1, 0.15) is 5.54 Å². The Bertz CT molecular complexity index is 377. The van der Waals surface area contributed by atoms with Crippen LogP contribution in [0.25, 0.3) is 0 Å². The molecule has 14 heavy (non-hydrogen) atoms. The van der Waals surface area contributed by atoms with Gasteiger partial charge in [0, 0.05) is 8.95 Å². The molecule has 0 bridgehead atoms. The number of carboxylic acids is 1. The number of nitrogens with two attached hydrogens (primary N) is 1. The van der Waals surface area contributed by atoms with Gasteiger partial charge in [0.2, 0.25) is 0 Å². The molecule has 0 heterocycles. The standard InChI is InChI=1S/C9H9Br2NO2/c1-9(12,8(13)14)6-3-2-5(10)4-7(6)11/h2-4H,12H2,1H3,(H,13,14)/t9-/m1/s1. The van der Waals surface area contributed by atoms with Crippen molar-refractivity contribution in [3.05, 3.63) is 32.7 Å². The fraction of sp³-hybridized carbons (Fsp3) is 0.222. The van der Waals surface area contributed by atoms with Gasteiger partial charge in [-0.2, -0.15) is 0 Å². The molecule has 0 aliphatic carbocycles. The predicted molar refractivity (Wildman–Crippen MR) is 61.0 cm³/mol. The van der Waals surface area contributed by atoms with E-state index in [2.05, 4.69) is 31.9 Å². The van der Waals surface area contributed by atoms with E-state index in [1.807, 2.05) is 0 Å². The second-order valence-electron chi connectivity index (χ2n) is 3.13. The molecular weight excluding hydrogens is 314 g/mol. The van der Waals surface area contributed by atoms with Crippen LogP contribution in [-0.2, 0) is 10.3 Å². The topological polar surface area (TPSA) is 63.3 Å². The first-order chi connectivity index (χ1) is 6.35. The minimum atomic E-state index is -1.38. The van der Waals surface area contributed by atoms with Gasteiger partial charge >= 0.3 is 5.97 Å². The van der Waals surface area contributed by atoms with Gasteiger partial charge in [0.25, 0.3) is 0 Å². The molecule has 76 valence electrons. The van der Waals surface area contributed by atoms with Crippen molar-refractivity contribution in [1.29, 1.82) is 0 Å². The first-order valence-corrected chi connectivity index (χ1v) is 5.42. The highest BCUT2D eigenvalue weighted by molar-refractivity contribution is 9.11. The Kier molecular flexibility index (Phi) is 3.34. The molecular formula is C9H9Br2NO2. The zero-order valence-electron chi connectivity index (χ0n) is 7.42. The highest BCUT2D eigenvalue weighted by Crippen LogP contribution is 2.29. The van der Waals surface area contributed by atoms with Gasteiger partial charge in [-0.3, -0.25) is 0 Å². The van der Waals surface area contributed by atoms with E-state index in [9.17, 15) is 4.79 Å². The van der Waals surface area contributed by atoms with Crippen LogP contribution in [0.3, 0.4) is 0 Å². The minimum Gasteiger partial charge on any atom is -0.480 e. The van der Waals surface area contributed by atoms with E-state index in [0.29, 0.717) is 10.0 Å². The molecule has 0 unspecified atom stereocenters. The van der Waals surface area contributed by atoms with E-state index in [0.717, 1.165) is 4.47 Å². The van der Waals surface area contributed by atoms with Crippen LogP contribution >= 0.6 is 31.9 Å². The number of benzene rings is 1. The summed E-state index contributed by atoms with van der Waals surface area (Å²) in [4.78, 5) is 10.9. The molecule has 1 rings (SSSR count). The zero-order valence-corrected chi connectivity index (χ0v) is 10.6. The van der Waals surface area contributed by atoms with Crippen LogP contribution in [0.4, 0.5) is 0 Å². The molecule has 0 aromatic heterocycles. The molecule has 0 saturated heterocycles. The summed E-state index contributed by atoms with van der Waals surface area (Å²) in [6, 6.07) is 5.21. The lowest BCUT2D eigenvalue weighted by atomic mass is 9.94. The molecule has 0 amide bonds. The maximum atomic E-state index is 10.9. The molecule has 3 N–H and O–H groups in total. The second-order valence-corrected chi connectivity index (χ2v) is 4.90. The summed E-state index contributed by atoms with van der Waals surface area (Å²) in [5.41, 5.74) is 4.86. The van der Waals surface area contributed by atoms with E-state index in [-0.39, 0.29) is 0 Å². The quantitative estimate of drug-likeness (QED) is 0.879. The number of rotatable bonds is 2. The molecule has 0 aliphatic heterocycles. The van der Waals surface area contributed by atoms with Crippen molar-refractivity contribution in [2.75, 3.05) is 0 Å². The number of aliphatic carboxylic acids is 1. The minimum absolute atomic E-state index is 0.549. The first kappa shape index (κ1) is 11.7. The van der Waals surface area contributed by atoms with Gasteiger partial charge in [0.05, 0.1) is 0 Å². The van der Waals surface area contributed by atoms with Gasteiger partial charge in [-0.25, -0.2) is 4.79 Å². The third-order valence-corrected chi connectivity index (χ3v) is 3.08. The van der Waals surface area contributed by atoms with E-state index in [1.165, 1.54) is 6.92 Å². The molecule has 0 saturated carbocycles. The number of halogens is 2. The first-order valence-electron chi connectivity index (χ1n) is 3.83. The Labute approximate surface area is 98.6 Å². The largest absolute Gasteiger partial charge is 0.480 e. The van der Waals surface area contributed by atoms with Gasteiger partial charge < -0.3 is 10.8 Å². The third kappa shape index (κ3) is 2.16. The molecule has 1 aromatic carbocycles. The lowest BCUT2D eigenvalue weighted by molar-refractivity contribution is -0.143. The van der Waals surface area contributed by atoms with Crippen molar-refractivity contribution < 1.29 is 9.90 Å². The van der Waals surface area contributed by atoms with Gasteiger partial charge in [0.15, 0.2) is 0 Å². The normalized spacial score (nSPS) is 14.9. The van der Waals surface area contributed by atoms with Crippen molar-refractivity contribution in [2.45, 2.75) is 12.5 Å². The molecule has 0 fully saturated rings. The van der Waals surface area contributed by atoms with Crippen molar-refractivity contribution in [2.24, 2.45) is 5.73 Å². The summed E-state index contributed by atoms with van der Waals surface area (Å²) < 4.78 is 1.55. The second kappa shape index (κ2) is 4.00. The monoisotopic (exact) mass is 321 g/mol. The van der Waals surface area contributed by atoms with E-state index in [1.54, 1.807) is 18.2 Å². The van der Waals surface area contributed by atoms with Crippen LogP contribution in [0.1, 0.15) is 12.5 Å². The summed E-state index contributed by atoms with van der Waals surface area (Å²) in [6.45, 7) is 1.46. The average molecular weight is 323 g/mol. The van der Waals surface area contributed by atoms with Crippen molar-refractivity contribution in [3.63, 3.8) is 0 Å². The van der Waals surface area contributed by atoms with Gasteiger partial charge in [-0.15, -0.1) is 0 Å². The maximum absolute atomic E-state index is 10.9. The molecule has 0 aliphatic rings. The lowest BCUT2D eigenvalue weighted by Gasteiger charge is -2.21. The van der Waals surface area contributed by atoms with Crippen LogP contribution in [0.2, 0.25) is 0 Å². The van der Waals surface area contributed by atoms with Gasteiger partial charge in [-0.05, 0) is 24.6 Å².